The van der Waals surface area contributed by atoms with Gasteiger partial charge in [0.15, 0.2) is 6.61 Å². The SMILES string of the molecule is C=CCN(c1ccccc1)S(=O)(=O)c1ccc(Cl)c(C(=O)OCC(=O)N(CC)CC)c1. The smallest absolute Gasteiger partial charge is 0.340 e. The summed E-state index contributed by atoms with van der Waals surface area (Å²) in [5, 5.41) is 0.0224. The van der Waals surface area contributed by atoms with Gasteiger partial charge in [-0.2, -0.15) is 0 Å². The number of carbonyl (C=O) groups is 2. The van der Waals surface area contributed by atoms with Crippen molar-refractivity contribution in [1.29, 1.82) is 0 Å². The first kappa shape index (κ1) is 24.4. The van der Waals surface area contributed by atoms with E-state index in [-0.39, 0.29) is 27.9 Å². The van der Waals surface area contributed by atoms with Gasteiger partial charge in [-0.3, -0.25) is 9.10 Å². The van der Waals surface area contributed by atoms with Crippen LogP contribution in [0, 0.1) is 0 Å². The average molecular weight is 465 g/mol. The maximum Gasteiger partial charge on any atom is 0.340 e. The van der Waals surface area contributed by atoms with E-state index >= 15 is 0 Å². The Labute approximate surface area is 187 Å². The molecule has 0 aliphatic rings. The number of sulfonamides is 1. The molecule has 0 heterocycles. The van der Waals surface area contributed by atoms with Gasteiger partial charge in [0.2, 0.25) is 0 Å². The van der Waals surface area contributed by atoms with Gasteiger partial charge >= 0.3 is 5.97 Å². The molecule has 0 aliphatic heterocycles. The van der Waals surface area contributed by atoms with Crippen molar-refractivity contribution in [3.8, 4) is 0 Å². The fourth-order valence-corrected chi connectivity index (χ4v) is 4.53. The summed E-state index contributed by atoms with van der Waals surface area (Å²) in [7, 11) is -4.02. The Morgan fingerprint density at radius 2 is 1.74 bits per heavy atom. The molecule has 0 atom stereocenters. The van der Waals surface area contributed by atoms with E-state index in [1.807, 2.05) is 13.8 Å². The number of rotatable bonds is 10. The van der Waals surface area contributed by atoms with Crippen LogP contribution in [-0.2, 0) is 19.6 Å². The van der Waals surface area contributed by atoms with Crippen molar-refractivity contribution >= 4 is 39.2 Å². The number of para-hydroxylation sites is 1. The molecule has 166 valence electrons. The van der Waals surface area contributed by atoms with Gasteiger partial charge in [-0.25, -0.2) is 13.2 Å². The number of benzene rings is 2. The molecule has 0 spiro atoms. The van der Waals surface area contributed by atoms with Crippen LogP contribution >= 0.6 is 11.6 Å². The first-order valence-electron chi connectivity index (χ1n) is 9.69. The lowest BCUT2D eigenvalue weighted by atomic mass is 10.2. The highest BCUT2D eigenvalue weighted by Gasteiger charge is 2.26. The van der Waals surface area contributed by atoms with Gasteiger partial charge in [-0.1, -0.05) is 35.9 Å². The largest absolute Gasteiger partial charge is 0.452 e. The van der Waals surface area contributed by atoms with Crippen LogP contribution in [0.2, 0.25) is 5.02 Å². The fraction of sp³-hybridized carbons (Fsp3) is 0.273. The van der Waals surface area contributed by atoms with Crippen LogP contribution in [0.1, 0.15) is 24.2 Å². The zero-order valence-corrected chi connectivity index (χ0v) is 19.0. The number of esters is 1. The Balaban J connectivity index is 2.33. The van der Waals surface area contributed by atoms with E-state index in [9.17, 15) is 18.0 Å². The maximum absolute atomic E-state index is 13.3. The zero-order valence-electron chi connectivity index (χ0n) is 17.5. The van der Waals surface area contributed by atoms with Gasteiger partial charge in [-0.05, 0) is 44.2 Å². The average Bonchev–Trinajstić information content (AvgIpc) is 2.77. The van der Waals surface area contributed by atoms with Crippen LogP contribution in [0.15, 0.2) is 66.1 Å². The minimum Gasteiger partial charge on any atom is -0.452 e. The molecule has 2 aromatic carbocycles. The third-order valence-electron chi connectivity index (χ3n) is 4.53. The third-order valence-corrected chi connectivity index (χ3v) is 6.65. The molecule has 0 aromatic heterocycles. The van der Waals surface area contributed by atoms with Gasteiger partial charge in [0.1, 0.15) is 0 Å². The molecule has 0 fully saturated rings. The van der Waals surface area contributed by atoms with Gasteiger partial charge in [0, 0.05) is 13.1 Å². The lowest BCUT2D eigenvalue weighted by Crippen LogP contribution is -2.34. The van der Waals surface area contributed by atoms with Gasteiger partial charge in [0.25, 0.3) is 15.9 Å². The van der Waals surface area contributed by atoms with Crippen molar-refractivity contribution in [2.75, 3.05) is 30.5 Å². The standard InChI is InChI=1S/C22H25ClN2O5S/c1-4-14-25(17-10-8-7-9-11-17)31(28,29)18-12-13-20(23)19(15-18)22(27)30-16-21(26)24(5-2)6-3/h4,7-13,15H,1,5-6,14,16H2,2-3H3. The topological polar surface area (TPSA) is 84.0 Å². The van der Waals surface area contributed by atoms with Crippen molar-refractivity contribution in [2.45, 2.75) is 18.7 Å². The minimum atomic E-state index is -4.02. The lowest BCUT2D eigenvalue weighted by molar-refractivity contribution is -0.134. The van der Waals surface area contributed by atoms with Crippen molar-refractivity contribution in [1.82, 2.24) is 4.90 Å². The summed E-state index contributed by atoms with van der Waals surface area (Å²) in [6.45, 7) is 7.81. The van der Waals surface area contributed by atoms with Crippen LogP contribution < -0.4 is 4.31 Å². The summed E-state index contributed by atoms with van der Waals surface area (Å²) in [6.07, 6.45) is 1.47. The molecule has 2 aromatic rings. The molecular formula is C22H25ClN2O5S. The van der Waals surface area contributed by atoms with E-state index in [0.717, 1.165) is 6.07 Å². The van der Waals surface area contributed by atoms with Crippen molar-refractivity contribution < 1.29 is 22.7 Å². The van der Waals surface area contributed by atoms with E-state index < -0.39 is 22.6 Å². The predicted molar refractivity (Wildman–Crippen MR) is 121 cm³/mol. The van der Waals surface area contributed by atoms with Crippen LogP contribution in [0.4, 0.5) is 5.69 Å². The summed E-state index contributed by atoms with van der Waals surface area (Å²) < 4.78 is 32.8. The predicted octanol–water partition coefficient (Wildman–Crippen LogP) is 3.75. The molecule has 0 saturated heterocycles. The van der Waals surface area contributed by atoms with Crippen LogP contribution in [0.3, 0.4) is 0 Å². The number of carbonyl (C=O) groups excluding carboxylic acids is 2. The first-order chi connectivity index (χ1) is 14.8. The van der Waals surface area contributed by atoms with Crippen molar-refractivity contribution in [3.05, 3.63) is 71.8 Å². The number of likely N-dealkylation sites (N-methyl/N-ethyl adjacent to an activating group) is 1. The Morgan fingerprint density at radius 3 is 2.32 bits per heavy atom. The molecule has 0 radical (unpaired) electrons. The molecule has 31 heavy (non-hydrogen) atoms. The quantitative estimate of drug-likeness (QED) is 0.395. The number of amides is 1. The van der Waals surface area contributed by atoms with Gasteiger partial charge < -0.3 is 9.64 Å². The molecule has 1 amide bonds. The molecule has 0 unspecified atom stereocenters. The highest BCUT2D eigenvalue weighted by molar-refractivity contribution is 7.92. The molecule has 0 saturated carbocycles. The highest BCUT2D eigenvalue weighted by Crippen LogP contribution is 2.27. The summed E-state index contributed by atoms with van der Waals surface area (Å²) in [5.41, 5.74) is 0.313. The van der Waals surface area contributed by atoms with Gasteiger partial charge in [0.05, 0.1) is 27.7 Å². The number of halogens is 1. The van der Waals surface area contributed by atoms with Gasteiger partial charge in [-0.15, -0.1) is 6.58 Å². The number of ether oxygens (including phenoxy) is 1. The second-order valence-corrected chi connectivity index (χ2v) is 8.71. The highest BCUT2D eigenvalue weighted by atomic mass is 35.5. The second-order valence-electron chi connectivity index (χ2n) is 6.44. The molecule has 9 heteroatoms. The third kappa shape index (κ3) is 5.86. The summed E-state index contributed by atoms with van der Waals surface area (Å²) in [6, 6.07) is 12.3. The summed E-state index contributed by atoms with van der Waals surface area (Å²) >= 11 is 6.11. The van der Waals surface area contributed by atoms with E-state index in [0.29, 0.717) is 18.8 Å². The fourth-order valence-electron chi connectivity index (χ4n) is 2.87. The Hall–Kier alpha value is -2.84. The van der Waals surface area contributed by atoms with E-state index in [1.54, 1.807) is 30.3 Å². The Kier molecular flexibility index (Phi) is 8.65. The van der Waals surface area contributed by atoms with Crippen molar-refractivity contribution in [2.24, 2.45) is 0 Å². The monoisotopic (exact) mass is 464 g/mol. The van der Waals surface area contributed by atoms with Crippen LogP contribution in [0.5, 0.6) is 0 Å². The van der Waals surface area contributed by atoms with E-state index in [1.165, 1.54) is 27.4 Å². The zero-order chi connectivity index (χ0) is 23.0. The first-order valence-corrected chi connectivity index (χ1v) is 11.5. The Bertz CT molecular complexity index is 1040. The van der Waals surface area contributed by atoms with Crippen molar-refractivity contribution in [3.63, 3.8) is 0 Å². The molecular weight excluding hydrogens is 440 g/mol. The minimum absolute atomic E-state index is 0.0224. The van der Waals surface area contributed by atoms with E-state index in [2.05, 4.69) is 6.58 Å². The van der Waals surface area contributed by atoms with Crippen LogP contribution in [-0.4, -0.2) is 51.4 Å². The summed E-state index contributed by atoms with van der Waals surface area (Å²) in [5.74, 6) is -1.22. The normalized spacial score (nSPS) is 10.9. The second kappa shape index (κ2) is 11.0. The number of hydrogen-bond acceptors (Lipinski definition) is 5. The molecule has 2 rings (SSSR count). The Morgan fingerprint density at radius 1 is 1.10 bits per heavy atom. The molecule has 0 N–H and O–H groups in total. The number of hydrogen-bond donors (Lipinski definition) is 0. The summed E-state index contributed by atoms with van der Waals surface area (Å²) in [4.78, 5) is 26.0. The molecule has 7 nitrogen and oxygen atoms in total. The number of nitrogens with zero attached hydrogens (tertiary/aromatic N) is 2. The van der Waals surface area contributed by atoms with E-state index in [4.69, 9.17) is 16.3 Å². The van der Waals surface area contributed by atoms with Crippen LogP contribution in [0.25, 0.3) is 0 Å². The molecule has 0 aliphatic carbocycles. The maximum atomic E-state index is 13.3. The molecule has 0 bridgehead atoms. The number of anilines is 1. The lowest BCUT2D eigenvalue weighted by Gasteiger charge is -2.23.